The lowest BCUT2D eigenvalue weighted by molar-refractivity contribution is 0.0690. The highest BCUT2D eigenvalue weighted by Gasteiger charge is 2.19. The molecular formula is C14H20N2O2S. The summed E-state index contributed by atoms with van der Waals surface area (Å²) in [5, 5.41) is 9.83. The number of aromatic carboxylic acids is 1. The van der Waals surface area contributed by atoms with Gasteiger partial charge in [0.05, 0.1) is 5.69 Å². The zero-order chi connectivity index (χ0) is 14.6. The molecule has 1 aromatic heterocycles. The molecule has 1 rings (SSSR count). The second-order valence-electron chi connectivity index (χ2n) is 4.86. The first-order valence-electron chi connectivity index (χ1n) is 6.22. The molecule has 0 aromatic carbocycles. The molecular weight excluding hydrogens is 260 g/mol. The molecule has 0 aliphatic heterocycles. The first kappa shape index (κ1) is 15.7. The van der Waals surface area contributed by atoms with Crippen LogP contribution < -0.4 is 0 Å². The van der Waals surface area contributed by atoms with Gasteiger partial charge in [-0.2, -0.15) is 0 Å². The summed E-state index contributed by atoms with van der Waals surface area (Å²) >= 11 is 1.46. The number of hydrogen-bond acceptors (Lipinski definition) is 4. The number of thioether (sulfide) groups is 1. The third kappa shape index (κ3) is 4.35. The topological polar surface area (TPSA) is 63.1 Å². The van der Waals surface area contributed by atoms with Gasteiger partial charge in [0.2, 0.25) is 0 Å². The molecule has 4 nitrogen and oxygen atoms in total. The predicted molar refractivity (Wildman–Crippen MR) is 78.0 cm³/mol. The van der Waals surface area contributed by atoms with Crippen molar-refractivity contribution < 1.29 is 9.90 Å². The minimum Gasteiger partial charge on any atom is -0.478 e. The van der Waals surface area contributed by atoms with Crippen LogP contribution in [0.15, 0.2) is 17.2 Å². The van der Waals surface area contributed by atoms with Crippen molar-refractivity contribution in [3.8, 4) is 0 Å². The number of hydrogen-bond donors (Lipinski definition) is 1. The summed E-state index contributed by atoms with van der Waals surface area (Å²) in [5.74, 6) is 0.692. The van der Waals surface area contributed by atoms with Crippen molar-refractivity contribution in [3.63, 3.8) is 0 Å². The molecule has 1 N–H and O–H groups in total. The zero-order valence-corrected chi connectivity index (χ0v) is 12.7. The van der Waals surface area contributed by atoms with E-state index in [0.717, 1.165) is 17.7 Å². The second-order valence-corrected chi connectivity index (χ2v) is 5.95. The molecule has 5 heteroatoms. The van der Waals surface area contributed by atoms with Crippen LogP contribution >= 0.6 is 11.8 Å². The number of rotatable bonds is 6. The number of allylic oxidation sites excluding steroid dienone is 1. The highest BCUT2D eigenvalue weighted by molar-refractivity contribution is 7.99. The van der Waals surface area contributed by atoms with Gasteiger partial charge < -0.3 is 5.11 Å². The summed E-state index contributed by atoms with van der Waals surface area (Å²) in [6.45, 7) is 11.5. The van der Waals surface area contributed by atoms with Crippen molar-refractivity contribution >= 4 is 17.7 Å². The third-order valence-electron chi connectivity index (χ3n) is 2.57. The number of aryl methyl sites for hydroxylation is 1. The number of carboxylic acid groups (broad SMARTS) is 1. The lowest BCUT2D eigenvalue weighted by atomic mass is 10.2. The maximum Gasteiger partial charge on any atom is 0.340 e. The molecule has 0 bridgehead atoms. The number of aromatic nitrogens is 2. The summed E-state index contributed by atoms with van der Waals surface area (Å²) < 4.78 is 0. The Labute approximate surface area is 118 Å². The number of nitrogens with zero attached hydrogens (tertiary/aromatic N) is 2. The second kappa shape index (κ2) is 6.70. The van der Waals surface area contributed by atoms with Crippen molar-refractivity contribution in [1.82, 2.24) is 9.97 Å². The van der Waals surface area contributed by atoms with Crippen LogP contribution in [0.4, 0.5) is 0 Å². The Morgan fingerprint density at radius 3 is 2.53 bits per heavy atom. The molecule has 0 atom stereocenters. The van der Waals surface area contributed by atoms with Crippen molar-refractivity contribution in [3.05, 3.63) is 29.2 Å². The Morgan fingerprint density at radius 1 is 1.42 bits per heavy atom. The van der Waals surface area contributed by atoms with E-state index in [0.29, 0.717) is 16.5 Å². The van der Waals surface area contributed by atoms with E-state index in [9.17, 15) is 9.90 Å². The molecule has 1 aromatic rings. The van der Waals surface area contributed by atoms with E-state index in [1.807, 2.05) is 20.8 Å². The van der Waals surface area contributed by atoms with E-state index in [1.165, 1.54) is 11.8 Å². The first-order chi connectivity index (χ1) is 8.82. The third-order valence-corrected chi connectivity index (χ3v) is 3.55. The molecule has 0 spiro atoms. The van der Waals surface area contributed by atoms with Gasteiger partial charge >= 0.3 is 5.97 Å². The Balaban J connectivity index is 3.09. The molecule has 0 fully saturated rings. The van der Waals surface area contributed by atoms with Crippen LogP contribution in [-0.4, -0.2) is 26.8 Å². The van der Waals surface area contributed by atoms with Crippen LogP contribution in [-0.2, 0) is 0 Å². The molecule has 0 amide bonds. The van der Waals surface area contributed by atoms with Gasteiger partial charge in [0.15, 0.2) is 0 Å². The van der Waals surface area contributed by atoms with Crippen molar-refractivity contribution in [1.29, 1.82) is 0 Å². The van der Waals surface area contributed by atoms with Crippen molar-refractivity contribution in [2.75, 3.05) is 5.75 Å². The fourth-order valence-corrected chi connectivity index (χ4v) is 2.68. The van der Waals surface area contributed by atoms with E-state index < -0.39 is 5.97 Å². The monoisotopic (exact) mass is 280 g/mol. The Morgan fingerprint density at radius 2 is 2.05 bits per heavy atom. The molecule has 0 aliphatic rings. The maximum atomic E-state index is 11.3. The first-order valence-corrected chi connectivity index (χ1v) is 7.20. The maximum absolute atomic E-state index is 11.3. The predicted octanol–water partition coefficient (Wildman–Crippen LogP) is 3.66. The van der Waals surface area contributed by atoms with Crippen LogP contribution in [0.2, 0.25) is 0 Å². The van der Waals surface area contributed by atoms with E-state index in [1.54, 1.807) is 6.92 Å². The minimum atomic E-state index is -0.967. The van der Waals surface area contributed by atoms with Gasteiger partial charge in [-0.05, 0) is 20.3 Å². The summed E-state index contributed by atoms with van der Waals surface area (Å²) in [6, 6.07) is 0. The van der Waals surface area contributed by atoms with Crippen LogP contribution in [0.5, 0.6) is 0 Å². The van der Waals surface area contributed by atoms with Gasteiger partial charge in [0.25, 0.3) is 0 Å². The van der Waals surface area contributed by atoms with Crippen LogP contribution in [0.1, 0.15) is 55.0 Å². The Hall–Kier alpha value is -1.36. The normalized spacial score (nSPS) is 10.8. The van der Waals surface area contributed by atoms with E-state index >= 15 is 0 Å². The average Bonchev–Trinajstić information content (AvgIpc) is 2.26. The molecule has 0 saturated heterocycles. The smallest absolute Gasteiger partial charge is 0.340 e. The molecule has 1 heterocycles. The molecule has 0 aliphatic carbocycles. The lowest BCUT2D eigenvalue weighted by Crippen LogP contribution is -2.10. The van der Waals surface area contributed by atoms with Gasteiger partial charge in [-0.1, -0.05) is 19.4 Å². The van der Waals surface area contributed by atoms with Crippen LogP contribution in [0, 0.1) is 6.92 Å². The fraction of sp³-hybridized carbons (Fsp3) is 0.500. The van der Waals surface area contributed by atoms with Crippen LogP contribution in [0.3, 0.4) is 0 Å². The summed E-state index contributed by atoms with van der Waals surface area (Å²) in [4.78, 5) is 20.0. The van der Waals surface area contributed by atoms with E-state index in [2.05, 4.69) is 16.5 Å². The van der Waals surface area contributed by atoms with Crippen molar-refractivity contribution in [2.45, 2.75) is 45.1 Å². The summed E-state index contributed by atoms with van der Waals surface area (Å²) in [5.41, 5.74) is 1.83. The molecule has 0 radical (unpaired) electrons. The summed E-state index contributed by atoms with van der Waals surface area (Å²) in [7, 11) is 0. The highest BCUT2D eigenvalue weighted by atomic mass is 32.2. The van der Waals surface area contributed by atoms with Crippen LogP contribution in [0.25, 0.3) is 0 Å². The Kier molecular flexibility index (Phi) is 5.54. The highest BCUT2D eigenvalue weighted by Crippen LogP contribution is 2.26. The van der Waals surface area contributed by atoms with Gasteiger partial charge in [-0.15, -0.1) is 18.3 Å². The quantitative estimate of drug-likeness (QED) is 0.489. The average molecular weight is 280 g/mol. The standard InChI is InChI=1S/C14H20N2O2S/c1-8(2)6-7-19-13-11(14(17)18)10(5)15-12(16-13)9(3)4/h9H,1,6-7H2,2-5H3,(H,17,18). The lowest BCUT2D eigenvalue weighted by Gasteiger charge is -2.11. The van der Waals surface area contributed by atoms with Gasteiger partial charge in [-0.25, -0.2) is 14.8 Å². The minimum absolute atomic E-state index is 0.182. The molecule has 104 valence electrons. The van der Waals surface area contributed by atoms with Gasteiger partial charge in [-0.3, -0.25) is 0 Å². The Bertz CT molecular complexity index is 498. The van der Waals surface area contributed by atoms with E-state index in [-0.39, 0.29) is 11.5 Å². The summed E-state index contributed by atoms with van der Waals surface area (Å²) in [6.07, 6.45) is 0.851. The molecule has 0 saturated carbocycles. The molecule has 19 heavy (non-hydrogen) atoms. The van der Waals surface area contributed by atoms with Gasteiger partial charge in [0.1, 0.15) is 16.4 Å². The number of carboxylic acids is 1. The van der Waals surface area contributed by atoms with E-state index in [4.69, 9.17) is 0 Å². The largest absolute Gasteiger partial charge is 0.478 e. The van der Waals surface area contributed by atoms with Crippen molar-refractivity contribution in [2.24, 2.45) is 0 Å². The SMILES string of the molecule is C=C(C)CCSc1nc(C(C)C)nc(C)c1C(=O)O. The van der Waals surface area contributed by atoms with Gasteiger partial charge in [0, 0.05) is 11.7 Å². The molecule has 0 unspecified atom stereocenters. The zero-order valence-electron chi connectivity index (χ0n) is 11.9. The number of carbonyl (C=O) groups is 1. The fourth-order valence-electron chi connectivity index (χ4n) is 1.50.